The van der Waals surface area contributed by atoms with Gasteiger partial charge in [0.1, 0.15) is 0 Å². The average Bonchev–Trinajstić information content (AvgIpc) is 2.42. The molecule has 1 N–H and O–H groups in total. The van der Waals surface area contributed by atoms with E-state index in [1.165, 1.54) is 0 Å². The smallest absolute Gasteiger partial charge is 0.247 e. The van der Waals surface area contributed by atoms with Crippen LogP contribution in [0.25, 0.3) is 0 Å². The van der Waals surface area contributed by atoms with E-state index in [0.717, 1.165) is 6.08 Å². The van der Waals surface area contributed by atoms with Crippen molar-refractivity contribution < 1.29 is 14.4 Å². The van der Waals surface area contributed by atoms with Gasteiger partial charge < -0.3 is 5.32 Å². The summed E-state index contributed by atoms with van der Waals surface area (Å²) in [7, 11) is 0. The van der Waals surface area contributed by atoms with Crippen LogP contribution in [0.5, 0.6) is 0 Å². The lowest BCUT2D eigenvalue weighted by atomic mass is 9.83. The maximum Gasteiger partial charge on any atom is 0.247 e. The molecule has 0 fully saturated rings. The van der Waals surface area contributed by atoms with Gasteiger partial charge >= 0.3 is 0 Å². The van der Waals surface area contributed by atoms with Crippen LogP contribution in [0, 0.1) is 0 Å². The maximum atomic E-state index is 12.4. The van der Waals surface area contributed by atoms with Gasteiger partial charge in [-0.1, -0.05) is 27.4 Å². The van der Waals surface area contributed by atoms with Crippen molar-refractivity contribution in [1.82, 2.24) is 5.32 Å². The number of nitrogens with one attached hydrogen (secondary N) is 1. The number of allylic oxidation sites excluding steroid dienone is 3. The number of rotatable bonds is 5. The number of hydrogen-bond acceptors (Lipinski definition) is 3. The van der Waals surface area contributed by atoms with Gasteiger partial charge in [-0.3, -0.25) is 14.4 Å². The largest absolute Gasteiger partial charge is 0.319 e. The second-order valence-electron chi connectivity index (χ2n) is 4.22. The molecule has 1 aliphatic carbocycles. The second kappa shape index (κ2) is 6.27. The van der Waals surface area contributed by atoms with E-state index >= 15 is 0 Å². The second-order valence-corrected chi connectivity index (χ2v) is 4.22. The highest BCUT2D eigenvalue weighted by atomic mass is 16.2. The van der Waals surface area contributed by atoms with Crippen LogP contribution >= 0.6 is 0 Å². The SMILES string of the molecule is C=CC(=O)NC1=C(CC)C(=O)C(CC)=C(CC)C1=O. The van der Waals surface area contributed by atoms with Gasteiger partial charge in [0.2, 0.25) is 11.7 Å². The minimum Gasteiger partial charge on any atom is -0.319 e. The summed E-state index contributed by atoms with van der Waals surface area (Å²) in [5.41, 5.74) is 1.57. The standard InChI is InChI=1S/C15H19NO3/c1-5-9-10(6-2)15(19)13(16-12(17)8-4)11(7-3)14(9)18/h8H,4-7H2,1-3H3,(H,16,17). The monoisotopic (exact) mass is 261 g/mol. The molecule has 1 rings (SSSR count). The third-order valence-electron chi connectivity index (χ3n) is 3.21. The van der Waals surface area contributed by atoms with Crippen LogP contribution in [0.15, 0.2) is 35.1 Å². The third kappa shape index (κ3) is 2.72. The highest BCUT2D eigenvalue weighted by Crippen LogP contribution is 2.28. The van der Waals surface area contributed by atoms with Crippen molar-refractivity contribution in [2.75, 3.05) is 0 Å². The van der Waals surface area contributed by atoms with E-state index in [1.54, 1.807) is 6.92 Å². The number of ketones is 2. The van der Waals surface area contributed by atoms with Gasteiger partial charge in [0.05, 0.1) is 5.70 Å². The molecular weight excluding hydrogens is 242 g/mol. The summed E-state index contributed by atoms with van der Waals surface area (Å²) in [5, 5.41) is 2.48. The van der Waals surface area contributed by atoms with Crippen molar-refractivity contribution in [3.8, 4) is 0 Å². The van der Waals surface area contributed by atoms with Gasteiger partial charge in [0.15, 0.2) is 5.78 Å². The average molecular weight is 261 g/mol. The van der Waals surface area contributed by atoms with Crippen molar-refractivity contribution >= 4 is 17.5 Å². The molecule has 0 spiro atoms. The first kappa shape index (κ1) is 15.1. The van der Waals surface area contributed by atoms with Gasteiger partial charge in [-0.25, -0.2) is 0 Å². The molecule has 0 aromatic heterocycles. The third-order valence-corrected chi connectivity index (χ3v) is 3.21. The van der Waals surface area contributed by atoms with E-state index < -0.39 is 5.91 Å². The fraction of sp³-hybridized carbons (Fsp3) is 0.400. The van der Waals surface area contributed by atoms with Gasteiger partial charge in [-0.05, 0) is 25.3 Å². The molecular formula is C15H19NO3. The van der Waals surface area contributed by atoms with Crippen molar-refractivity contribution in [3.05, 3.63) is 35.1 Å². The van der Waals surface area contributed by atoms with Crippen LogP contribution in [0.4, 0.5) is 0 Å². The van der Waals surface area contributed by atoms with E-state index in [9.17, 15) is 14.4 Å². The van der Waals surface area contributed by atoms with Gasteiger partial charge in [0, 0.05) is 16.7 Å². The zero-order valence-corrected chi connectivity index (χ0v) is 11.6. The number of Topliss-reactive ketones (excluding diaryl/α,β-unsaturated/α-hetero) is 2. The Labute approximate surface area is 113 Å². The molecule has 4 nitrogen and oxygen atoms in total. The topological polar surface area (TPSA) is 63.2 Å². The highest BCUT2D eigenvalue weighted by molar-refractivity contribution is 6.25. The molecule has 4 heteroatoms. The summed E-state index contributed by atoms with van der Waals surface area (Å²) in [4.78, 5) is 36.1. The van der Waals surface area contributed by atoms with Crippen LogP contribution in [0.1, 0.15) is 40.0 Å². The van der Waals surface area contributed by atoms with Gasteiger partial charge in [-0.15, -0.1) is 0 Å². The number of carbonyl (C=O) groups excluding carboxylic acids is 3. The lowest BCUT2D eigenvalue weighted by Crippen LogP contribution is -2.34. The minimum absolute atomic E-state index is 0.117. The Kier molecular flexibility index (Phi) is 4.98. The molecule has 1 aliphatic rings. The van der Waals surface area contributed by atoms with Crippen LogP contribution in [-0.2, 0) is 14.4 Å². The lowest BCUT2D eigenvalue weighted by Gasteiger charge is -2.22. The zero-order valence-electron chi connectivity index (χ0n) is 11.6. The first-order valence-electron chi connectivity index (χ1n) is 6.49. The molecule has 0 unspecified atom stereocenters. The van der Waals surface area contributed by atoms with Crippen molar-refractivity contribution in [2.24, 2.45) is 0 Å². The predicted octanol–water partition coefficient (Wildman–Crippen LogP) is 2.22. The summed E-state index contributed by atoms with van der Waals surface area (Å²) in [6.07, 6.45) is 2.51. The Morgan fingerprint density at radius 2 is 1.47 bits per heavy atom. The van der Waals surface area contributed by atoms with E-state index in [2.05, 4.69) is 11.9 Å². The van der Waals surface area contributed by atoms with Crippen LogP contribution in [-0.4, -0.2) is 17.5 Å². The van der Waals surface area contributed by atoms with Crippen LogP contribution in [0.2, 0.25) is 0 Å². The molecule has 0 bridgehead atoms. The van der Waals surface area contributed by atoms with Gasteiger partial charge in [-0.2, -0.15) is 0 Å². The zero-order chi connectivity index (χ0) is 14.6. The molecule has 0 heterocycles. The van der Waals surface area contributed by atoms with Gasteiger partial charge in [0.25, 0.3) is 0 Å². The van der Waals surface area contributed by atoms with E-state index in [1.807, 2.05) is 13.8 Å². The molecule has 0 atom stereocenters. The summed E-state index contributed by atoms with van der Waals surface area (Å²) in [6.45, 7) is 8.84. The molecule has 0 aromatic carbocycles. The fourth-order valence-corrected chi connectivity index (χ4v) is 2.25. The lowest BCUT2D eigenvalue weighted by molar-refractivity contribution is -0.119. The molecule has 19 heavy (non-hydrogen) atoms. The normalized spacial score (nSPS) is 15.9. The summed E-state index contributed by atoms with van der Waals surface area (Å²) >= 11 is 0. The van der Waals surface area contributed by atoms with E-state index in [4.69, 9.17) is 0 Å². The first-order chi connectivity index (χ1) is 9.01. The molecule has 0 aromatic rings. The summed E-state index contributed by atoms with van der Waals surface area (Å²) in [5.74, 6) is -0.843. The summed E-state index contributed by atoms with van der Waals surface area (Å²) < 4.78 is 0. The quantitative estimate of drug-likeness (QED) is 0.609. The Bertz CT molecular complexity index is 509. The highest BCUT2D eigenvalue weighted by Gasteiger charge is 2.32. The van der Waals surface area contributed by atoms with E-state index in [0.29, 0.717) is 36.0 Å². The Morgan fingerprint density at radius 3 is 1.89 bits per heavy atom. The Hall–Kier alpha value is -1.97. The molecule has 102 valence electrons. The van der Waals surface area contributed by atoms with Crippen molar-refractivity contribution in [1.29, 1.82) is 0 Å². The molecule has 0 radical (unpaired) electrons. The molecule has 1 amide bonds. The predicted molar refractivity (Wildman–Crippen MR) is 73.3 cm³/mol. The van der Waals surface area contributed by atoms with Crippen LogP contribution < -0.4 is 5.32 Å². The fourth-order valence-electron chi connectivity index (χ4n) is 2.25. The molecule has 0 saturated carbocycles. The van der Waals surface area contributed by atoms with Crippen molar-refractivity contribution in [3.63, 3.8) is 0 Å². The Balaban J connectivity index is 3.34. The molecule has 0 saturated heterocycles. The number of amides is 1. The van der Waals surface area contributed by atoms with Crippen LogP contribution in [0.3, 0.4) is 0 Å². The minimum atomic E-state index is -0.475. The first-order valence-corrected chi connectivity index (χ1v) is 6.49. The van der Waals surface area contributed by atoms with Crippen molar-refractivity contribution in [2.45, 2.75) is 40.0 Å². The number of carbonyl (C=O) groups is 3. The summed E-state index contributed by atoms with van der Waals surface area (Å²) in [6, 6.07) is 0. The molecule has 0 aliphatic heterocycles. The van der Waals surface area contributed by atoms with E-state index in [-0.39, 0.29) is 17.3 Å². The Morgan fingerprint density at radius 1 is 1.00 bits per heavy atom. The maximum absolute atomic E-state index is 12.4. The number of hydrogen-bond donors (Lipinski definition) is 1.